The molecule has 174 valence electrons. The van der Waals surface area contributed by atoms with E-state index in [-0.39, 0.29) is 17.8 Å². The zero-order valence-corrected chi connectivity index (χ0v) is 19.9. The fourth-order valence-electron chi connectivity index (χ4n) is 4.32. The summed E-state index contributed by atoms with van der Waals surface area (Å²) < 4.78 is 9.51. The molecule has 1 aliphatic heterocycles. The number of rotatable bonds is 8. The monoisotopic (exact) mass is 487 g/mol. The molecule has 33 heavy (non-hydrogen) atoms. The second-order valence-electron chi connectivity index (χ2n) is 8.19. The lowest BCUT2D eigenvalue weighted by Gasteiger charge is -2.14. The van der Waals surface area contributed by atoms with Gasteiger partial charge in [-0.05, 0) is 43.7 Å². The Bertz CT molecular complexity index is 1190. The van der Waals surface area contributed by atoms with Crippen LogP contribution in [0.1, 0.15) is 40.1 Å². The lowest BCUT2D eigenvalue weighted by molar-refractivity contribution is -0.113. The number of hydrogen-bond acceptors (Lipinski definition) is 8. The zero-order valence-electron chi connectivity index (χ0n) is 18.2. The normalized spacial score (nSPS) is 17.4. The number of nitrogens with two attached hydrogens (primary N) is 1. The van der Waals surface area contributed by atoms with E-state index in [9.17, 15) is 9.59 Å². The van der Waals surface area contributed by atoms with Gasteiger partial charge in [0.2, 0.25) is 5.91 Å². The lowest BCUT2D eigenvalue weighted by atomic mass is 10.1. The highest BCUT2D eigenvalue weighted by Crippen LogP contribution is 2.39. The lowest BCUT2D eigenvalue weighted by Crippen LogP contribution is -2.20. The van der Waals surface area contributed by atoms with Crippen LogP contribution in [-0.2, 0) is 36.0 Å². The summed E-state index contributed by atoms with van der Waals surface area (Å²) in [6.07, 6.45) is 6.72. The van der Waals surface area contributed by atoms with E-state index in [2.05, 4.69) is 20.6 Å². The Morgan fingerprint density at radius 2 is 2.21 bits per heavy atom. The van der Waals surface area contributed by atoms with Crippen LogP contribution in [0.3, 0.4) is 0 Å². The van der Waals surface area contributed by atoms with Crippen molar-refractivity contribution in [2.45, 2.75) is 49.9 Å². The summed E-state index contributed by atoms with van der Waals surface area (Å²) in [4.78, 5) is 25.9. The summed E-state index contributed by atoms with van der Waals surface area (Å²) in [6.45, 7) is 1.36. The number of aromatic nitrogens is 5. The van der Waals surface area contributed by atoms with Gasteiger partial charge in [-0.1, -0.05) is 11.8 Å². The highest BCUT2D eigenvalue weighted by molar-refractivity contribution is 7.99. The third kappa shape index (κ3) is 4.55. The highest BCUT2D eigenvalue weighted by atomic mass is 32.2. The van der Waals surface area contributed by atoms with E-state index >= 15 is 0 Å². The van der Waals surface area contributed by atoms with Crippen molar-refractivity contribution in [3.8, 4) is 11.5 Å². The van der Waals surface area contributed by atoms with Gasteiger partial charge in [-0.25, -0.2) is 0 Å². The molecule has 1 saturated heterocycles. The Labute approximate surface area is 198 Å². The van der Waals surface area contributed by atoms with Gasteiger partial charge in [0.25, 0.3) is 5.91 Å². The summed E-state index contributed by atoms with van der Waals surface area (Å²) in [5, 5.41) is 17.2. The quantitative estimate of drug-likeness (QED) is 0.466. The number of nitrogens with zero attached hydrogens (tertiary/aromatic N) is 5. The van der Waals surface area contributed by atoms with E-state index < -0.39 is 5.91 Å². The van der Waals surface area contributed by atoms with Gasteiger partial charge >= 0.3 is 0 Å². The minimum absolute atomic E-state index is 0.0864. The third-order valence-corrected chi connectivity index (χ3v) is 8.00. The maximum atomic E-state index is 12.7. The molecular weight excluding hydrogens is 462 g/mol. The molecule has 4 heterocycles. The molecule has 3 aromatic heterocycles. The van der Waals surface area contributed by atoms with Crippen LogP contribution in [0.5, 0.6) is 0 Å². The van der Waals surface area contributed by atoms with Crippen LogP contribution in [0, 0.1) is 0 Å². The highest BCUT2D eigenvalue weighted by Gasteiger charge is 2.27. The molecule has 1 fully saturated rings. The fourth-order valence-corrected chi connectivity index (χ4v) is 6.38. The minimum atomic E-state index is -0.492. The maximum Gasteiger partial charge on any atom is 0.251 e. The molecule has 0 bridgehead atoms. The summed E-state index contributed by atoms with van der Waals surface area (Å²) in [5.74, 6) is 0.0777. The van der Waals surface area contributed by atoms with Gasteiger partial charge < -0.3 is 15.8 Å². The number of anilines is 1. The summed E-state index contributed by atoms with van der Waals surface area (Å²) in [6, 6.07) is 1.89. The molecule has 3 N–H and O–H groups in total. The zero-order chi connectivity index (χ0) is 22.9. The molecule has 5 rings (SSSR count). The number of aryl methyl sites for hydroxylation is 2. The number of amides is 2. The Kier molecular flexibility index (Phi) is 6.21. The van der Waals surface area contributed by atoms with Crippen LogP contribution in [-0.4, -0.2) is 54.8 Å². The Morgan fingerprint density at radius 3 is 2.94 bits per heavy atom. The first kappa shape index (κ1) is 22.1. The van der Waals surface area contributed by atoms with E-state index in [0.717, 1.165) is 54.8 Å². The first-order valence-corrected chi connectivity index (χ1v) is 12.7. The number of thiophene rings is 1. The molecule has 2 aliphatic rings. The molecule has 2 amide bonds. The molecule has 3 aromatic rings. The van der Waals surface area contributed by atoms with Crippen LogP contribution in [0.25, 0.3) is 11.5 Å². The van der Waals surface area contributed by atoms with Crippen LogP contribution in [0.2, 0.25) is 0 Å². The van der Waals surface area contributed by atoms with Crippen molar-refractivity contribution in [2.24, 2.45) is 12.8 Å². The minimum Gasteiger partial charge on any atom is -0.376 e. The first-order chi connectivity index (χ1) is 16.0. The van der Waals surface area contributed by atoms with Gasteiger partial charge in [0.1, 0.15) is 10.7 Å². The topological polar surface area (TPSA) is 130 Å². The molecule has 10 nitrogen and oxygen atoms in total. The molecule has 1 atom stereocenters. The van der Waals surface area contributed by atoms with E-state index in [1.54, 1.807) is 4.68 Å². The van der Waals surface area contributed by atoms with Crippen molar-refractivity contribution in [2.75, 3.05) is 17.7 Å². The number of carbonyl (C=O) groups excluding carboxylic acids is 2. The number of hydrogen-bond donors (Lipinski definition) is 2. The van der Waals surface area contributed by atoms with Gasteiger partial charge in [0.15, 0.2) is 11.0 Å². The Hall–Kier alpha value is -2.70. The number of nitrogens with one attached hydrogen (secondary N) is 1. The van der Waals surface area contributed by atoms with Gasteiger partial charge in [-0.2, -0.15) is 5.10 Å². The molecule has 0 radical (unpaired) electrons. The van der Waals surface area contributed by atoms with E-state index in [4.69, 9.17) is 10.5 Å². The standard InChI is InChI=1S/C21H25N7O3S2/c1-27-8-7-14(26-27)19-24-25-21(28(19)10-12-4-3-9-31-12)32-11-16(29)23-20-17(18(22)30)13-5-2-6-15(13)33-20/h7-8,12H,2-6,9-11H2,1H3,(H2,22,30)(H,23,29). The second-order valence-corrected chi connectivity index (χ2v) is 10.2. The van der Waals surface area contributed by atoms with Crippen molar-refractivity contribution in [3.63, 3.8) is 0 Å². The largest absolute Gasteiger partial charge is 0.376 e. The van der Waals surface area contributed by atoms with Crippen LogP contribution in [0.4, 0.5) is 5.00 Å². The van der Waals surface area contributed by atoms with Crippen molar-refractivity contribution in [1.82, 2.24) is 24.5 Å². The van der Waals surface area contributed by atoms with Gasteiger partial charge in [-0.3, -0.25) is 18.8 Å². The third-order valence-electron chi connectivity index (χ3n) is 5.82. The Morgan fingerprint density at radius 1 is 1.33 bits per heavy atom. The molecular formula is C21H25N7O3S2. The number of ether oxygens (including phenoxy) is 1. The van der Waals surface area contributed by atoms with Crippen LogP contribution in [0.15, 0.2) is 17.4 Å². The number of thioether (sulfide) groups is 1. The maximum absolute atomic E-state index is 12.7. The van der Waals surface area contributed by atoms with E-state index in [1.165, 1.54) is 23.1 Å². The number of fused-ring (bicyclic) bond motifs is 1. The molecule has 1 unspecified atom stereocenters. The van der Waals surface area contributed by atoms with Gasteiger partial charge in [-0.15, -0.1) is 21.5 Å². The summed E-state index contributed by atoms with van der Waals surface area (Å²) in [5.41, 5.74) is 7.78. The van der Waals surface area contributed by atoms with Crippen molar-refractivity contribution in [3.05, 3.63) is 28.3 Å². The Balaban J connectivity index is 1.32. The van der Waals surface area contributed by atoms with Crippen molar-refractivity contribution in [1.29, 1.82) is 0 Å². The van der Waals surface area contributed by atoms with Crippen molar-refractivity contribution >= 4 is 39.9 Å². The molecule has 12 heteroatoms. The number of carbonyl (C=O) groups is 2. The molecule has 1 aliphatic carbocycles. The van der Waals surface area contributed by atoms with Crippen molar-refractivity contribution < 1.29 is 14.3 Å². The number of primary amides is 1. The predicted octanol–water partition coefficient (Wildman–Crippen LogP) is 2.24. The molecule has 0 spiro atoms. The first-order valence-electron chi connectivity index (χ1n) is 10.9. The average molecular weight is 488 g/mol. The SMILES string of the molecule is Cn1ccc(-c2nnc(SCC(=O)Nc3sc4c(c3C(N)=O)CCC4)n2CC2CCCO2)n1. The fraction of sp³-hybridized carbons (Fsp3) is 0.476. The predicted molar refractivity (Wildman–Crippen MR) is 125 cm³/mol. The smallest absolute Gasteiger partial charge is 0.251 e. The average Bonchev–Trinajstić information content (AvgIpc) is 3.56. The molecule has 0 aromatic carbocycles. The van der Waals surface area contributed by atoms with E-state index in [1.807, 2.05) is 23.9 Å². The molecule has 0 saturated carbocycles. The summed E-state index contributed by atoms with van der Waals surface area (Å²) in [7, 11) is 1.85. The van der Waals surface area contributed by atoms with Gasteiger partial charge in [0.05, 0.1) is 24.0 Å². The summed E-state index contributed by atoms with van der Waals surface area (Å²) >= 11 is 2.75. The van der Waals surface area contributed by atoms with Gasteiger partial charge in [0, 0.05) is 24.7 Å². The van der Waals surface area contributed by atoms with E-state index in [0.29, 0.717) is 28.1 Å². The van der Waals surface area contributed by atoms with Crippen LogP contribution >= 0.6 is 23.1 Å². The second kappa shape index (κ2) is 9.27. The van der Waals surface area contributed by atoms with Crippen LogP contribution < -0.4 is 11.1 Å².